The van der Waals surface area contributed by atoms with Crippen molar-refractivity contribution in [2.45, 2.75) is 30.6 Å². The van der Waals surface area contributed by atoms with Gasteiger partial charge < -0.3 is 0 Å². The molecule has 6 aromatic carbocycles. The molecule has 0 amide bonds. The summed E-state index contributed by atoms with van der Waals surface area (Å²) in [6.07, 6.45) is 0. The second kappa shape index (κ2) is 7.95. The van der Waals surface area contributed by atoms with Crippen LogP contribution in [0.15, 0.2) is 140 Å². The molecule has 41 heavy (non-hydrogen) atoms. The summed E-state index contributed by atoms with van der Waals surface area (Å²) in [4.78, 5) is 0. The van der Waals surface area contributed by atoms with Crippen molar-refractivity contribution in [1.29, 1.82) is 0 Å². The SMILES string of the molecule is CC(C)c1cccc2c1C1(c3ccccc3-c3ccccc31)c1ccccc1C21c2ccccc2-c2ccccc21. The van der Waals surface area contributed by atoms with E-state index in [1.54, 1.807) is 0 Å². The van der Waals surface area contributed by atoms with E-state index in [1.165, 1.54) is 72.3 Å². The summed E-state index contributed by atoms with van der Waals surface area (Å²) in [6.45, 7) is 4.72. The smallest absolute Gasteiger partial charge is 0.0619 e. The van der Waals surface area contributed by atoms with Crippen LogP contribution in [-0.2, 0) is 10.8 Å². The third-order valence-corrected chi connectivity index (χ3v) is 10.1. The molecule has 0 aliphatic heterocycles. The number of hydrogen-bond donors (Lipinski definition) is 0. The predicted molar refractivity (Wildman–Crippen MR) is 169 cm³/mol. The van der Waals surface area contributed by atoms with Crippen LogP contribution in [0.3, 0.4) is 0 Å². The van der Waals surface area contributed by atoms with Gasteiger partial charge in [-0.05, 0) is 78.2 Å². The molecule has 0 nitrogen and oxygen atoms in total. The predicted octanol–water partition coefficient (Wildman–Crippen LogP) is 9.85. The maximum atomic E-state index is 2.45. The van der Waals surface area contributed by atoms with E-state index in [0.717, 1.165) is 0 Å². The monoisotopic (exact) mass is 522 g/mol. The van der Waals surface area contributed by atoms with Gasteiger partial charge >= 0.3 is 0 Å². The molecule has 0 heteroatoms. The molecule has 0 aromatic heterocycles. The number of benzene rings is 6. The van der Waals surface area contributed by atoms with Crippen LogP contribution in [-0.4, -0.2) is 0 Å². The van der Waals surface area contributed by atoms with Gasteiger partial charge in [-0.3, -0.25) is 0 Å². The molecule has 0 unspecified atom stereocenters. The van der Waals surface area contributed by atoms with Gasteiger partial charge in [-0.2, -0.15) is 0 Å². The Balaban J connectivity index is 1.57. The fraction of sp³-hybridized carbons (Fsp3) is 0.122. The molecule has 9 rings (SSSR count). The number of rotatable bonds is 1. The fourth-order valence-corrected chi connectivity index (χ4v) is 8.81. The molecule has 3 aliphatic rings. The summed E-state index contributed by atoms with van der Waals surface area (Å²) in [6, 6.07) is 53.1. The van der Waals surface area contributed by atoms with Crippen molar-refractivity contribution < 1.29 is 0 Å². The molecule has 2 spiro atoms. The Morgan fingerprint density at radius 1 is 0.341 bits per heavy atom. The molecule has 0 bridgehead atoms. The third kappa shape index (κ3) is 2.54. The summed E-state index contributed by atoms with van der Waals surface area (Å²) in [5, 5.41) is 0. The van der Waals surface area contributed by atoms with Crippen molar-refractivity contribution in [1.82, 2.24) is 0 Å². The third-order valence-electron chi connectivity index (χ3n) is 10.1. The van der Waals surface area contributed by atoms with Crippen molar-refractivity contribution in [3.63, 3.8) is 0 Å². The van der Waals surface area contributed by atoms with E-state index < -0.39 is 5.41 Å². The van der Waals surface area contributed by atoms with Crippen LogP contribution < -0.4 is 0 Å². The zero-order valence-electron chi connectivity index (χ0n) is 23.4. The molecule has 0 saturated carbocycles. The molecule has 0 saturated heterocycles. The largest absolute Gasteiger partial charge is 0.0722 e. The van der Waals surface area contributed by atoms with E-state index in [1.807, 2.05) is 0 Å². The van der Waals surface area contributed by atoms with E-state index in [2.05, 4.69) is 153 Å². The van der Waals surface area contributed by atoms with Crippen molar-refractivity contribution >= 4 is 0 Å². The summed E-state index contributed by atoms with van der Waals surface area (Å²) in [7, 11) is 0. The maximum absolute atomic E-state index is 2.45. The molecule has 0 heterocycles. The topological polar surface area (TPSA) is 0 Å². The van der Waals surface area contributed by atoms with Gasteiger partial charge in [-0.25, -0.2) is 0 Å². The van der Waals surface area contributed by atoms with Gasteiger partial charge in [-0.15, -0.1) is 0 Å². The average molecular weight is 523 g/mol. The van der Waals surface area contributed by atoms with Crippen LogP contribution in [0.2, 0.25) is 0 Å². The Hall–Kier alpha value is -4.68. The lowest BCUT2D eigenvalue weighted by molar-refractivity contribution is 0.618. The van der Waals surface area contributed by atoms with Gasteiger partial charge in [0.15, 0.2) is 0 Å². The second-order valence-electron chi connectivity index (χ2n) is 12.2. The van der Waals surface area contributed by atoms with Gasteiger partial charge in [-0.1, -0.05) is 153 Å². The Morgan fingerprint density at radius 2 is 0.683 bits per heavy atom. The molecular weight excluding hydrogens is 492 g/mol. The highest BCUT2D eigenvalue weighted by molar-refractivity contribution is 5.94. The molecule has 0 N–H and O–H groups in total. The minimum atomic E-state index is -0.391. The minimum Gasteiger partial charge on any atom is -0.0619 e. The highest BCUT2D eigenvalue weighted by atomic mass is 14.6. The molecule has 0 atom stereocenters. The van der Waals surface area contributed by atoms with Crippen LogP contribution >= 0.6 is 0 Å². The van der Waals surface area contributed by atoms with E-state index >= 15 is 0 Å². The first-order valence-electron chi connectivity index (χ1n) is 14.8. The Kier molecular flexibility index (Phi) is 4.48. The van der Waals surface area contributed by atoms with Crippen molar-refractivity contribution in [2.75, 3.05) is 0 Å². The lowest BCUT2D eigenvalue weighted by Gasteiger charge is -2.50. The summed E-state index contributed by atoms with van der Waals surface area (Å²) >= 11 is 0. The zero-order chi connectivity index (χ0) is 27.3. The normalized spacial score (nSPS) is 15.7. The zero-order valence-corrected chi connectivity index (χ0v) is 23.4. The van der Waals surface area contributed by atoms with E-state index in [-0.39, 0.29) is 5.41 Å². The van der Waals surface area contributed by atoms with E-state index in [4.69, 9.17) is 0 Å². The number of hydrogen-bond acceptors (Lipinski definition) is 0. The minimum absolute atomic E-state index is 0.371. The molecule has 0 radical (unpaired) electrons. The molecule has 0 fully saturated rings. The first-order chi connectivity index (χ1) is 20.2. The van der Waals surface area contributed by atoms with E-state index in [0.29, 0.717) is 5.92 Å². The first kappa shape index (κ1) is 23.1. The lowest BCUT2D eigenvalue weighted by atomic mass is 9.51. The standard InChI is InChI=1S/C41H30/c1-26(2)27-18-13-25-38-39(27)41(34-21-9-5-16-30(34)31-17-6-10-22-35(31)41)37-24-12-11-23-36(37)40(38)32-19-7-3-14-28(32)29-15-4-8-20-33(29)40/h3-26H,1-2H3. The van der Waals surface area contributed by atoms with Gasteiger partial charge in [0, 0.05) is 0 Å². The Labute approximate surface area is 242 Å². The highest BCUT2D eigenvalue weighted by Crippen LogP contribution is 2.68. The van der Waals surface area contributed by atoms with Crippen LogP contribution in [0.1, 0.15) is 69.8 Å². The summed E-state index contributed by atoms with van der Waals surface area (Å²) < 4.78 is 0. The molecular formula is C41H30. The number of fused-ring (bicyclic) bond motifs is 16. The maximum Gasteiger partial charge on any atom is 0.0722 e. The summed E-state index contributed by atoms with van der Waals surface area (Å²) in [5.74, 6) is 0.371. The van der Waals surface area contributed by atoms with Crippen LogP contribution in [0.5, 0.6) is 0 Å². The van der Waals surface area contributed by atoms with Crippen molar-refractivity contribution in [3.8, 4) is 22.3 Å². The van der Waals surface area contributed by atoms with Gasteiger partial charge in [0.1, 0.15) is 0 Å². The molecule has 3 aliphatic carbocycles. The van der Waals surface area contributed by atoms with E-state index in [9.17, 15) is 0 Å². The Morgan fingerprint density at radius 3 is 1.12 bits per heavy atom. The quantitative estimate of drug-likeness (QED) is 0.201. The summed E-state index contributed by atoms with van der Waals surface area (Å²) in [5.41, 5.74) is 17.3. The molecule has 194 valence electrons. The van der Waals surface area contributed by atoms with Crippen molar-refractivity contribution in [2.24, 2.45) is 0 Å². The average Bonchev–Trinajstić information content (AvgIpc) is 3.49. The second-order valence-corrected chi connectivity index (χ2v) is 12.2. The first-order valence-corrected chi connectivity index (χ1v) is 14.8. The van der Waals surface area contributed by atoms with Gasteiger partial charge in [0.25, 0.3) is 0 Å². The highest BCUT2D eigenvalue weighted by Gasteiger charge is 2.59. The van der Waals surface area contributed by atoms with Gasteiger partial charge in [0.2, 0.25) is 0 Å². The van der Waals surface area contributed by atoms with Crippen LogP contribution in [0, 0.1) is 0 Å². The van der Waals surface area contributed by atoms with Crippen LogP contribution in [0.25, 0.3) is 22.3 Å². The van der Waals surface area contributed by atoms with Gasteiger partial charge in [0.05, 0.1) is 10.8 Å². The van der Waals surface area contributed by atoms with Crippen molar-refractivity contribution in [3.05, 3.63) is 190 Å². The fourth-order valence-electron chi connectivity index (χ4n) is 8.81. The Bertz CT molecular complexity index is 1950. The lowest BCUT2D eigenvalue weighted by Crippen LogP contribution is -2.44. The van der Waals surface area contributed by atoms with Crippen LogP contribution in [0.4, 0.5) is 0 Å². The molecule has 6 aromatic rings.